The zero-order chi connectivity index (χ0) is 14.9. The summed E-state index contributed by atoms with van der Waals surface area (Å²) in [5.74, 6) is 0.212. The summed E-state index contributed by atoms with van der Waals surface area (Å²) in [7, 11) is -3.49. The van der Waals surface area contributed by atoms with Crippen molar-refractivity contribution in [2.75, 3.05) is 13.1 Å². The number of halogens is 1. The Kier molecular flexibility index (Phi) is 5.76. The molecule has 5 nitrogen and oxygen atoms in total. The van der Waals surface area contributed by atoms with Crippen LogP contribution in [-0.2, 0) is 10.0 Å². The van der Waals surface area contributed by atoms with Crippen LogP contribution in [0, 0.1) is 24.2 Å². The molecule has 116 valence electrons. The third-order valence-electron chi connectivity index (χ3n) is 3.85. The fraction of sp³-hybridized carbons (Fsp3) is 0.500. The summed E-state index contributed by atoms with van der Waals surface area (Å²) in [5, 5.41) is 8.84. The number of nitrogens with zero attached hydrogens (tertiary/aromatic N) is 2. The van der Waals surface area contributed by atoms with Gasteiger partial charge in [0.05, 0.1) is 16.5 Å². The third kappa shape index (κ3) is 3.55. The Morgan fingerprint density at radius 1 is 1.48 bits per heavy atom. The van der Waals surface area contributed by atoms with E-state index >= 15 is 0 Å². The van der Waals surface area contributed by atoms with Gasteiger partial charge < -0.3 is 5.73 Å². The first kappa shape index (κ1) is 17.9. The summed E-state index contributed by atoms with van der Waals surface area (Å²) in [4.78, 5) is 0.279. The summed E-state index contributed by atoms with van der Waals surface area (Å²) >= 11 is 0. The predicted octanol–water partition coefficient (Wildman–Crippen LogP) is 1.65. The molecule has 1 heterocycles. The highest BCUT2D eigenvalue weighted by atomic mass is 35.5. The monoisotopic (exact) mass is 329 g/mol. The first-order valence-corrected chi connectivity index (χ1v) is 8.06. The molecular weight excluding hydrogens is 310 g/mol. The molecule has 0 saturated carbocycles. The van der Waals surface area contributed by atoms with E-state index in [1.165, 1.54) is 10.4 Å². The second-order valence-corrected chi connectivity index (χ2v) is 7.27. The van der Waals surface area contributed by atoms with Gasteiger partial charge in [-0.1, -0.05) is 0 Å². The normalized spacial score (nSPS) is 20.6. The van der Waals surface area contributed by atoms with Crippen LogP contribution < -0.4 is 5.73 Å². The minimum atomic E-state index is -3.49. The van der Waals surface area contributed by atoms with Crippen LogP contribution in [0.4, 0.5) is 0 Å². The molecule has 0 bridgehead atoms. The van der Waals surface area contributed by atoms with E-state index in [-0.39, 0.29) is 29.3 Å². The Bertz CT molecular complexity index is 653. The lowest BCUT2D eigenvalue weighted by molar-refractivity contribution is 0.429. The highest BCUT2D eigenvalue weighted by Crippen LogP contribution is 2.27. The molecule has 2 unspecified atom stereocenters. The summed E-state index contributed by atoms with van der Waals surface area (Å²) in [5.41, 5.74) is 6.93. The lowest BCUT2D eigenvalue weighted by Gasteiger charge is -2.19. The van der Waals surface area contributed by atoms with Gasteiger partial charge in [-0.05, 0) is 49.9 Å². The van der Waals surface area contributed by atoms with E-state index in [0.717, 1.165) is 6.42 Å². The van der Waals surface area contributed by atoms with E-state index in [0.29, 0.717) is 24.2 Å². The number of aryl methyl sites for hydroxylation is 1. The molecule has 1 aliphatic rings. The molecule has 0 radical (unpaired) electrons. The molecule has 0 spiro atoms. The number of benzene rings is 1. The second kappa shape index (κ2) is 6.75. The maximum absolute atomic E-state index is 12.6. The van der Waals surface area contributed by atoms with Crippen LogP contribution in [0.1, 0.15) is 24.5 Å². The summed E-state index contributed by atoms with van der Waals surface area (Å²) < 4.78 is 26.7. The van der Waals surface area contributed by atoms with E-state index in [9.17, 15) is 8.42 Å². The molecular formula is C14H20ClN3O2S. The zero-order valence-corrected chi connectivity index (χ0v) is 13.7. The molecule has 1 fully saturated rings. The molecule has 1 aliphatic heterocycles. The van der Waals surface area contributed by atoms with E-state index in [1.807, 2.05) is 13.0 Å². The highest BCUT2D eigenvalue weighted by Gasteiger charge is 2.34. The van der Waals surface area contributed by atoms with Crippen molar-refractivity contribution in [3.05, 3.63) is 29.3 Å². The number of hydrogen-bond acceptors (Lipinski definition) is 4. The lowest BCUT2D eigenvalue weighted by atomic mass is 10.0. The van der Waals surface area contributed by atoms with Crippen LogP contribution >= 0.6 is 12.4 Å². The lowest BCUT2D eigenvalue weighted by Crippen LogP contribution is -2.33. The Labute approximate surface area is 132 Å². The summed E-state index contributed by atoms with van der Waals surface area (Å²) in [6.07, 6.45) is 0.798. The molecule has 2 atom stereocenters. The van der Waals surface area contributed by atoms with Crippen molar-refractivity contribution >= 4 is 22.4 Å². The van der Waals surface area contributed by atoms with Gasteiger partial charge in [-0.15, -0.1) is 12.4 Å². The van der Waals surface area contributed by atoms with Crippen LogP contribution in [0.5, 0.6) is 0 Å². The van der Waals surface area contributed by atoms with Gasteiger partial charge in [-0.3, -0.25) is 0 Å². The quantitative estimate of drug-likeness (QED) is 0.913. The molecule has 7 heteroatoms. The molecule has 1 aromatic carbocycles. The van der Waals surface area contributed by atoms with Gasteiger partial charge in [0.1, 0.15) is 0 Å². The number of sulfonamides is 1. The standard InChI is InChI=1S/C14H19N3O2S.ClH/c1-10-7-12(8-15)3-4-14(10)20(18,19)17-6-5-13(9-17)11(2)16;/h3-4,7,11,13H,5-6,9,16H2,1-2H3;1H. The number of hydrogen-bond donors (Lipinski definition) is 1. The van der Waals surface area contributed by atoms with Crippen molar-refractivity contribution in [1.82, 2.24) is 4.31 Å². The molecule has 21 heavy (non-hydrogen) atoms. The molecule has 2 N–H and O–H groups in total. The molecule has 0 aliphatic carbocycles. The van der Waals surface area contributed by atoms with Crippen LogP contribution in [0.3, 0.4) is 0 Å². The minimum Gasteiger partial charge on any atom is -0.328 e. The Hall–Kier alpha value is -1.13. The van der Waals surface area contributed by atoms with E-state index in [2.05, 4.69) is 0 Å². The number of nitrogens with two attached hydrogens (primary N) is 1. The fourth-order valence-electron chi connectivity index (χ4n) is 2.55. The maximum atomic E-state index is 12.6. The van der Waals surface area contributed by atoms with Crippen LogP contribution in [0.25, 0.3) is 0 Å². The summed E-state index contributed by atoms with van der Waals surface area (Å²) in [6, 6.07) is 6.67. The van der Waals surface area contributed by atoms with Crippen molar-refractivity contribution in [2.24, 2.45) is 11.7 Å². The molecule has 1 saturated heterocycles. The highest BCUT2D eigenvalue weighted by molar-refractivity contribution is 7.89. The van der Waals surface area contributed by atoms with Crippen LogP contribution in [0.15, 0.2) is 23.1 Å². The smallest absolute Gasteiger partial charge is 0.243 e. The molecule has 0 amide bonds. The van der Waals surface area contributed by atoms with Crippen molar-refractivity contribution < 1.29 is 8.42 Å². The first-order chi connectivity index (χ1) is 9.36. The van der Waals surface area contributed by atoms with Gasteiger partial charge >= 0.3 is 0 Å². The SMILES string of the molecule is Cc1cc(C#N)ccc1S(=O)(=O)N1CCC(C(C)N)C1.Cl. The Balaban J connectivity index is 0.00000220. The average Bonchev–Trinajstić information content (AvgIpc) is 2.88. The van der Waals surface area contributed by atoms with Gasteiger partial charge in [-0.2, -0.15) is 9.57 Å². The van der Waals surface area contributed by atoms with E-state index < -0.39 is 10.0 Å². The fourth-order valence-corrected chi connectivity index (χ4v) is 4.27. The van der Waals surface area contributed by atoms with Gasteiger partial charge in [0.25, 0.3) is 0 Å². The van der Waals surface area contributed by atoms with Crippen molar-refractivity contribution in [3.8, 4) is 6.07 Å². The zero-order valence-electron chi connectivity index (χ0n) is 12.1. The minimum absolute atomic E-state index is 0. The second-order valence-electron chi connectivity index (χ2n) is 5.36. The van der Waals surface area contributed by atoms with Gasteiger partial charge in [-0.25, -0.2) is 8.42 Å². The van der Waals surface area contributed by atoms with Gasteiger partial charge in [0.2, 0.25) is 10.0 Å². The topological polar surface area (TPSA) is 87.2 Å². The third-order valence-corrected chi connectivity index (χ3v) is 5.88. The predicted molar refractivity (Wildman–Crippen MR) is 83.7 cm³/mol. The Morgan fingerprint density at radius 3 is 2.62 bits per heavy atom. The molecule has 2 rings (SSSR count). The van der Waals surface area contributed by atoms with Crippen molar-refractivity contribution in [2.45, 2.75) is 31.2 Å². The first-order valence-electron chi connectivity index (χ1n) is 6.62. The van der Waals surface area contributed by atoms with Crippen molar-refractivity contribution in [1.29, 1.82) is 5.26 Å². The van der Waals surface area contributed by atoms with Crippen LogP contribution in [0.2, 0.25) is 0 Å². The number of rotatable bonds is 3. The summed E-state index contributed by atoms with van der Waals surface area (Å²) in [6.45, 7) is 4.61. The van der Waals surface area contributed by atoms with E-state index in [1.54, 1.807) is 19.1 Å². The van der Waals surface area contributed by atoms with Gasteiger partial charge in [0.15, 0.2) is 0 Å². The average molecular weight is 330 g/mol. The number of nitriles is 1. The largest absolute Gasteiger partial charge is 0.328 e. The Morgan fingerprint density at radius 2 is 2.14 bits per heavy atom. The van der Waals surface area contributed by atoms with Crippen molar-refractivity contribution in [3.63, 3.8) is 0 Å². The maximum Gasteiger partial charge on any atom is 0.243 e. The van der Waals surface area contributed by atoms with E-state index in [4.69, 9.17) is 11.0 Å². The van der Waals surface area contributed by atoms with Gasteiger partial charge in [0, 0.05) is 19.1 Å². The van der Waals surface area contributed by atoms with Crippen LogP contribution in [-0.4, -0.2) is 31.9 Å². The molecule has 0 aromatic heterocycles. The molecule has 1 aromatic rings.